The number of carbonyl (C=O) groups is 3. The molecular formula is C23H25Cl2IN4O5. The molecular weight excluding hydrogens is 610 g/mol. The van der Waals surface area contributed by atoms with Gasteiger partial charge in [-0.15, -0.1) is 0 Å². The molecule has 0 radical (unpaired) electrons. The molecule has 35 heavy (non-hydrogen) atoms. The molecule has 12 heteroatoms. The normalized spacial score (nSPS) is 11.6. The minimum Gasteiger partial charge on any atom is -0.490 e. The minimum absolute atomic E-state index is 0.120. The van der Waals surface area contributed by atoms with Gasteiger partial charge in [-0.3, -0.25) is 14.4 Å². The smallest absolute Gasteiger partial charge is 0.329 e. The quantitative estimate of drug-likeness (QED) is 0.155. The van der Waals surface area contributed by atoms with Crippen molar-refractivity contribution in [1.29, 1.82) is 0 Å². The molecule has 3 amide bonds. The van der Waals surface area contributed by atoms with Crippen LogP contribution in [-0.2, 0) is 14.4 Å². The van der Waals surface area contributed by atoms with Gasteiger partial charge in [-0.05, 0) is 78.8 Å². The number of benzene rings is 2. The highest BCUT2D eigenvalue weighted by molar-refractivity contribution is 14.1. The first kappa shape index (κ1) is 28.7. The SMILES string of the molecule is CCOc1cc(/C=N\NC(=O)C(=O)N[C@@H](C)CC)cc(I)c1OCC(=O)Nc1cc(Cl)cc(Cl)c1. The Labute approximate surface area is 227 Å². The van der Waals surface area contributed by atoms with E-state index in [4.69, 9.17) is 32.7 Å². The van der Waals surface area contributed by atoms with Crippen LogP contribution in [0.25, 0.3) is 0 Å². The van der Waals surface area contributed by atoms with Gasteiger partial charge in [0.1, 0.15) is 0 Å². The number of anilines is 1. The molecule has 0 fully saturated rings. The molecule has 0 bridgehead atoms. The van der Waals surface area contributed by atoms with Crippen LogP contribution in [0, 0.1) is 3.57 Å². The molecule has 0 saturated heterocycles. The molecule has 0 saturated carbocycles. The molecule has 2 rings (SSSR count). The number of amides is 3. The van der Waals surface area contributed by atoms with E-state index in [2.05, 4.69) is 21.2 Å². The van der Waals surface area contributed by atoms with Gasteiger partial charge in [0.25, 0.3) is 5.91 Å². The summed E-state index contributed by atoms with van der Waals surface area (Å²) in [6, 6.07) is 7.95. The van der Waals surface area contributed by atoms with Crippen molar-refractivity contribution in [3.05, 3.63) is 49.5 Å². The van der Waals surface area contributed by atoms with Crippen LogP contribution in [0.2, 0.25) is 10.0 Å². The first-order valence-electron chi connectivity index (χ1n) is 10.6. The molecule has 9 nitrogen and oxygen atoms in total. The van der Waals surface area contributed by atoms with Crippen molar-refractivity contribution in [2.75, 3.05) is 18.5 Å². The average Bonchev–Trinajstić information content (AvgIpc) is 2.77. The Morgan fingerprint density at radius 2 is 1.74 bits per heavy atom. The topological polar surface area (TPSA) is 118 Å². The van der Waals surface area contributed by atoms with Gasteiger partial charge in [-0.25, -0.2) is 5.43 Å². The Kier molecular flexibility index (Phi) is 11.5. The van der Waals surface area contributed by atoms with Gasteiger partial charge in [0.2, 0.25) is 0 Å². The predicted molar refractivity (Wildman–Crippen MR) is 145 cm³/mol. The number of hydrazone groups is 1. The fourth-order valence-electron chi connectivity index (χ4n) is 2.63. The fourth-order valence-corrected chi connectivity index (χ4v) is 3.94. The van der Waals surface area contributed by atoms with E-state index in [0.717, 1.165) is 0 Å². The molecule has 0 aromatic heterocycles. The highest BCUT2D eigenvalue weighted by atomic mass is 127. The third kappa shape index (κ3) is 9.54. The molecule has 0 aliphatic rings. The monoisotopic (exact) mass is 634 g/mol. The number of carbonyl (C=O) groups excluding carboxylic acids is 3. The van der Waals surface area contributed by atoms with E-state index < -0.39 is 17.7 Å². The van der Waals surface area contributed by atoms with Crippen LogP contribution in [0.5, 0.6) is 11.5 Å². The standard InChI is InChI=1S/C23H25Cl2IN4O5/c1-4-13(3)28-22(32)23(33)30-27-11-14-6-18(26)21(19(7-14)34-5-2)35-12-20(31)29-17-9-15(24)8-16(25)10-17/h6-11,13H,4-5,12H2,1-3H3,(H,28,32)(H,29,31)(H,30,33)/b27-11-/t13-/m0/s1. The van der Waals surface area contributed by atoms with Gasteiger partial charge in [-0.1, -0.05) is 30.1 Å². The lowest BCUT2D eigenvalue weighted by atomic mass is 10.2. The third-order valence-corrected chi connectivity index (χ3v) is 5.64. The van der Waals surface area contributed by atoms with E-state index in [1.165, 1.54) is 6.21 Å². The summed E-state index contributed by atoms with van der Waals surface area (Å²) >= 11 is 13.9. The van der Waals surface area contributed by atoms with E-state index in [1.54, 1.807) is 37.3 Å². The fraction of sp³-hybridized carbons (Fsp3) is 0.304. The van der Waals surface area contributed by atoms with Crippen molar-refractivity contribution in [2.24, 2.45) is 5.10 Å². The van der Waals surface area contributed by atoms with E-state index in [9.17, 15) is 14.4 Å². The van der Waals surface area contributed by atoms with Gasteiger partial charge in [-0.2, -0.15) is 5.10 Å². The van der Waals surface area contributed by atoms with Crippen LogP contribution in [0.4, 0.5) is 5.69 Å². The number of nitrogens with zero attached hydrogens (tertiary/aromatic N) is 1. The minimum atomic E-state index is -0.867. The largest absolute Gasteiger partial charge is 0.490 e. The molecule has 2 aromatic carbocycles. The molecule has 0 spiro atoms. The van der Waals surface area contributed by atoms with Crippen molar-refractivity contribution in [3.63, 3.8) is 0 Å². The molecule has 0 unspecified atom stereocenters. The summed E-state index contributed by atoms with van der Waals surface area (Å²) in [4.78, 5) is 36.0. The molecule has 2 aromatic rings. The Morgan fingerprint density at radius 3 is 2.37 bits per heavy atom. The Hall–Kier alpha value is -2.57. The van der Waals surface area contributed by atoms with Crippen molar-refractivity contribution in [3.8, 4) is 11.5 Å². The molecule has 0 aliphatic heterocycles. The lowest BCUT2D eigenvalue weighted by Gasteiger charge is -2.15. The summed E-state index contributed by atoms with van der Waals surface area (Å²) < 4.78 is 12.0. The summed E-state index contributed by atoms with van der Waals surface area (Å²) in [5.74, 6) is -1.27. The molecule has 3 N–H and O–H groups in total. The number of hydrogen-bond acceptors (Lipinski definition) is 6. The molecule has 0 aliphatic carbocycles. The summed E-state index contributed by atoms with van der Waals surface area (Å²) in [5, 5.41) is 9.85. The van der Waals surface area contributed by atoms with E-state index in [0.29, 0.717) is 49.4 Å². The van der Waals surface area contributed by atoms with Crippen LogP contribution in [0.3, 0.4) is 0 Å². The predicted octanol–water partition coefficient (Wildman–Crippen LogP) is 4.38. The zero-order valence-corrected chi connectivity index (χ0v) is 23.0. The highest BCUT2D eigenvalue weighted by Gasteiger charge is 2.16. The maximum Gasteiger partial charge on any atom is 0.329 e. The van der Waals surface area contributed by atoms with Crippen molar-refractivity contribution in [2.45, 2.75) is 33.2 Å². The maximum absolute atomic E-state index is 12.3. The van der Waals surface area contributed by atoms with Crippen molar-refractivity contribution >= 4 is 75.4 Å². The summed E-state index contributed by atoms with van der Waals surface area (Å²) in [7, 11) is 0. The first-order chi connectivity index (χ1) is 16.6. The number of hydrogen-bond donors (Lipinski definition) is 3. The Bertz CT molecular complexity index is 1090. The van der Waals surface area contributed by atoms with E-state index >= 15 is 0 Å². The Morgan fingerprint density at radius 1 is 1.06 bits per heavy atom. The summed E-state index contributed by atoms with van der Waals surface area (Å²) in [6.45, 7) is 5.57. The van der Waals surface area contributed by atoms with Crippen molar-refractivity contribution in [1.82, 2.24) is 10.7 Å². The van der Waals surface area contributed by atoms with Crippen LogP contribution >= 0.6 is 45.8 Å². The number of halogens is 3. The zero-order chi connectivity index (χ0) is 26.0. The lowest BCUT2D eigenvalue weighted by Crippen LogP contribution is -2.41. The van der Waals surface area contributed by atoms with E-state index in [1.807, 2.05) is 36.4 Å². The van der Waals surface area contributed by atoms with Crippen LogP contribution in [0.1, 0.15) is 32.8 Å². The van der Waals surface area contributed by atoms with Crippen LogP contribution in [-0.4, -0.2) is 43.2 Å². The van der Waals surface area contributed by atoms with Gasteiger partial charge >= 0.3 is 11.8 Å². The molecule has 1 atom stereocenters. The molecule has 0 heterocycles. The summed E-state index contributed by atoms with van der Waals surface area (Å²) in [5.41, 5.74) is 3.22. The number of ether oxygens (including phenoxy) is 2. The second kappa shape index (κ2) is 14.1. The summed E-state index contributed by atoms with van der Waals surface area (Å²) in [6.07, 6.45) is 2.07. The third-order valence-electron chi connectivity index (χ3n) is 4.40. The lowest BCUT2D eigenvalue weighted by molar-refractivity contribution is -0.139. The van der Waals surface area contributed by atoms with Gasteiger partial charge in [0.15, 0.2) is 18.1 Å². The number of nitrogens with one attached hydrogen (secondary N) is 3. The molecule has 188 valence electrons. The van der Waals surface area contributed by atoms with Crippen LogP contribution < -0.4 is 25.5 Å². The van der Waals surface area contributed by atoms with Crippen molar-refractivity contribution < 1.29 is 23.9 Å². The second-order valence-electron chi connectivity index (χ2n) is 7.24. The zero-order valence-electron chi connectivity index (χ0n) is 19.3. The highest BCUT2D eigenvalue weighted by Crippen LogP contribution is 2.34. The van der Waals surface area contributed by atoms with Gasteiger partial charge < -0.3 is 20.1 Å². The van der Waals surface area contributed by atoms with Gasteiger partial charge in [0.05, 0.1) is 16.4 Å². The first-order valence-corrected chi connectivity index (χ1v) is 12.4. The van der Waals surface area contributed by atoms with Gasteiger partial charge in [0, 0.05) is 21.8 Å². The average molecular weight is 635 g/mol. The second-order valence-corrected chi connectivity index (χ2v) is 9.27. The maximum atomic E-state index is 12.3. The number of rotatable bonds is 10. The Balaban J connectivity index is 2.05. The van der Waals surface area contributed by atoms with E-state index in [-0.39, 0.29) is 12.6 Å². The van der Waals surface area contributed by atoms with Crippen LogP contribution in [0.15, 0.2) is 35.4 Å².